The minimum atomic E-state index is 0.184. The Morgan fingerprint density at radius 2 is 1.90 bits per heavy atom. The van der Waals surface area contributed by atoms with Crippen LogP contribution in [0.5, 0.6) is 11.5 Å². The lowest BCUT2D eigenvalue weighted by atomic mass is 10.0. The second-order valence-corrected chi connectivity index (χ2v) is 5.17. The van der Waals surface area contributed by atoms with Crippen LogP contribution in [0.4, 0.5) is 0 Å². The molecular formula is C17H29NO3. The number of rotatable bonds is 11. The third-order valence-electron chi connectivity index (χ3n) is 3.38. The molecule has 0 heterocycles. The Kier molecular flexibility index (Phi) is 8.87. The summed E-state index contributed by atoms with van der Waals surface area (Å²) in [4.78, 5) is 0. The molecule has 4 nitrogen and oxygen atoms in total. The Morgan fingerprint density at radius 1 is 1.10 bits per heavy atom. The van der Waals surface area contributed by atoms with Crippen molar-refractivity contribution in [1.29, 1.82) is 0 Å². The van der Waals surface area contributed by atoms with E-state index in [-0.39, 0.29) is 6.04 Å². The van der Waals surface area contributed by atoms with E-state index in [1.54, 1.807) is 7.11 Å². The standard InChI is InChI=1S/C17H29NO3/c1-4-6-9-20-10-11-21-17-13-14(12-15(18)5-2)7-8-16(17)19-3/h7-8,13,15H,4-6,9-12,18H2,1-3H3. The van der Waals surface area contributed by atoms with Crippen LogP contribution in [0.3, 0.4) is 0 Å². The third-order valence-corrected chi connectivity index (χ3v) is 3.38. The molecule has 0 saturated carbocycles. The van der Waals surface area contributed by atoms with Crippen molar-refractivity contribution in [3.05, 3.63) is 23.8 Å². The first-order chi connectivity index (χ1) is 10.2. The van der Waals surface area contributed by atoms with Crippen molar-refractivity contribution in [3.8, 4) is 11.5 Å². The van der Waals surface area contributed by atoms with E-state index in [0.717, 1.165) is 43.8 Å². The highest BCUT2D eigenvalue weighted by molar-refractivity contribution is 5.43. The molecule has 2 N–H and O–H groups in total. The van der Waals surface area contributed by atoms with Gasteiger partial charge in [0.25, 0.3) is 0 Å². The van der Waals surface area contributed by atoms with Crippen LogP contribution in [-0.4, -0.2) is 33.0 Å². The summed E-state index contributed by atoms with van der Waals surface area (Å²) < 4.78 is 16.6. The first kappa shape index (κ1) is 17.8. The lowest BCUT2D eigenvalue weighted by Gasteiger charge is -2.14. The quantitative estimate of drug-likeness (QED) is 0.637. The number of nitrogens with two attached hydrogens (primary N) is 1. The zero-order valence-corrected chi connectivity index (χ0v) is 13.6. The largest absolute Gasteiger partial charge is 0.493 e. The number of ether oxygens (including phenoxy) is 3. The van der Waals surface area contributed by atoms with Gasteiger partial charge in [-0.15, -0.1) is 0 Å². The van der Waals surface area contributed by atoms with Crippen molar-refractivity contribution < 1.29 is 14.2 Å². The monoisotopic (exact) mass is 295 g/mol. The van der Waals surface area contributed by atoms with E-state index in [1.807, 2.05) is 18.2 Å². The van der Waals surface area contributed by atoms with Crippen LogP contribution in [-0.2, 0) is 11.2 Å². The lowest BCUT2D eigenvalue weighted by Crippen LogP contribution is -2.21. The van der Waals surface area contributed by atoms with Gasteiger partial charge in [0, 0.05) is 12.6 Å². The highest BCUT2D eigenvalue weighted by Gasteiger charge is 2.08. The number of methoxy groups -OCH3 is 1. The van der Waals surface area contributed by atoms with Gasteiger partial charge in [-0.3, -0.25) is 0 Å². The van der Waals surface area contributed by atoms with Crippen molar-refractivity contribution in [2.24, 2.45) is 5.73 Å². The second kappa shape index (κ2) is 10.5. The molecule has 1 atom stereocenters. The van der Waals surface area contributed by atoms with Crippen molar-refractivity contribution in [2.75, 3.05) is 26.9 Å². The van der Waals surface area contributed by atoms with Gasteiger partial charge in [-0.25, -0.2) is 0 Å². The molecule has 1 aromatic carbocycles. The minimum absolute atomic E-state index is 0.184. The van der Waals surface area contributed by atoms with Crippen LogP contribution in [0.2, 0.25) is 0 Å². The molecular weight excluding hydrogens is 266 g/mol. The summed E-state index contributed by atoms with van der Waals surface area (Å²) in [6, 6.07) is 6.17. The Hall–Kier alpha value is -1.26. The molecule has 0 aromatic heterocycles. The maximum absolute atomic E-state index is 6.00. The lowest BCUT2D eigenvalue weighted by molar-refractivity contribution is 0.0970. The maximum Gasteiger partial charge on any atom is 0.161 e. The fourth-order valence-corrected chi connectivity index (χ4v) is 1.97. The van der Waals surface area contributed by atoms with Gasteiger partial charge in [0.1, 0.15) is 6.61 Å². The highest BCUT2D eigenvalue weighted by Crippen LogP contribution is 2.28. The molecule has 4 heteroatoms. The molecule has 0 aliphatic carbocycles. The van der Waals surface area contributed by atoms with Crippen LogP contribution in [0.15, 0.2) is 18.2 Å². The summed E-state index contributed by atoms with van der Waals surface area (Å²) in [6.45, 7) is 6.17. The van der Waals surface area contributed by atoms with E-state index in [9.17, 15) is 0 Å². The van der Waals surface area contributed by atoms with Crippen LogP contribution < -0.4 is 15.2 Å². The zero-order chi connectivity index (χ0) is 15.5. The summed E-state index contributed by atoms with van der Waals surface area (Å²) >= 11 is 0. The number of hydrogen-bond acceptors (Lipinski definition) is 4. The molecule has 0 spiro atoms. The van der Waals surface area contributed by atoms with E-state index in [0.29, 0.717) is 13.2 Å². The molecule has 120 valence electrons. The molecule has 0 aliphatic rings. The third kappa shape index (κ3) is 6.82. The molecule has 0 aliphatic heterocycles. The van der Waals surface area contributed by atoms with Gasteiger partial charge in [0.05, 0.1) is 13.7 Å². The Balaban J connectivity index is 2.51. The van der Waals surface area contributed by atoms with Crippen molar-refractivity contribution in [1.82, 2.24) is 0 Å². The fourth-order valence-electron chi connectivity index (χ4n) is 1.97. The smallest absolute Gasteiger partial charge is 0.161 e. The molecule has 0 bridgehead atoms. The van der Waals surface area contributed by atoms with E-state index in [4.69, 9.17) is 19.9 Å². The minimum Gasteiger partial charge on any atom is -0.493 e. The normalized spacial score (nSPS) is 12.2. The van der Waals surface area contributed by atoms with Crippen LogP contribution in [0, 0.1) is 0 Å². The number of unbranched alkanes of at least 4 members (excludes halogenated alkanes) is 1. The van der Waals surface area contributed by atoms with Gasteiger partial charge in [0.15, 0.2) is 11.5 Å². The average molecular weight is 295 g/mol. The molecule has 0 amide bonds. The SMILES string of the molecule is CCCCOCCOc1cc(CC(N)CC)ccc1OC. The van der Waals surface area contributed by atoms with Crippen molar-refractivity contribution in [3.63, 3.8) is 0 Å². The predicted octanol–water partition coefficient (Wildman–Crippen LogP) is 3.17. The maximum atomic E-state index is 6.00. The fraction of sp³-hybridized carbons (Fsp3) is 0.647. The van der Waals surface area contributed by atoms with Gasteiger partial charge in [-0.05, 0) is 37.0 Å². The Labute approximate surface area is 128 Å². The highest BCUT2D eigenvalue weighted by atomic mass is 16.5. The molecule has 0 saturated heterocycles. The van der Waals surface area contributed by atoms with E-state index in [2.05, 4.69) is 13.8 Å². The summed E-state index contributed by atoms with van der Waals surface area (Å²) in [5, 5.41) is 0. The van der Waals surface area contributed by atoms with Gasteiger partial charge in [0.2, 0.25) is 0 Å². The summed E-state index contributed by atoms with van der Waals surface area (Å²) in [5.74, 6) is 1.51. The van der Waals surface area contributed by atoms with E-state index >= 15 is 0 Å². The first-order valence-corrected chi connectivity index (χ1v) is 7.84. The van der Waals surface area contributed by atoms with Crippen molar-refractivity contribution in [2.45, 2.75) is 45.6 Å². The van der Waals surface area contributed by atoms with Crippen LogP contribution in [0.1, 0.15) is 38.7 Å². The van der Waals surface area contributed by atoms with E-state index in [1.165, 1.54) is 5.56 Å². The topological polar surface area (TPSA) is 53.7 Å². The number of hydrogen-bond donors (Lipinski definition) is 1. The summed E-state index contributed by atoms with van der Waals surface area (Å²) in [5.41, 5.74) is 7.17. The zero-order valence-electron chi connectivity index (χ0n) is 13.6. The van der Waals surface area contributed by atoms with Gasteiger partial charge in [-0.2, -0.15) is 0 Å². The summed E-state index contributed by atoms with van der Waals surface area (Å²) in [7, 11) is 1.65. The van der Waals surface area contributed by atoms with Crippen LogP contribution >= 0.6 is 0 Å². The molecule has 21 heavy (non-hydrogen) atoms. The molecule has 1 aromatic rings. The van der Waals surface area contributed by atoms with Crippen LogP contribution in [0.25, 0.3) is 0 Å². The van der Waals surface area contributed by atoms with Gasteiger partial charge in [-0.1, -0.05) is 26.3 Å². The number of benzene rings is 1. The van der Waals surface area contributed by atoms with Gasteiger partial charge < -0.3 is 19.9 Å². The Bertz CT molecular complexity index is 396. The molecule has 1 unspecified atom stereocenters. The first-order valence-electron chi connectivity index (χ1n) is 7.84. The van der Waals surface area contributed by atoms with Gasteiger partial charge >= 0.3 is 0 Å². The summed E-state index contributed by atoms with van der Waals surface area (Å²) in [6.07, 6.45) is 4.06. The predicted molar refractivity (Wildman–Crippen MR) is 86.2 cm³/mol. The molecule has 0 fully saturated rings. The average Bonchev–Trinajstić information content (AvgIpc) is 2.51. The molecule has 1 rings (SSSR count). The second-order valence-electron chi connectivity index (χ2n) is 5.17. The Morgan fingerprint density at radius 3 is 2.57 bits per heavy atom. The molecule has 0 radical (unpaired) electrons. The van der Waals surface area contributed by atoms with Crippen molar-refractivity contribution >= 4 is 0 Å². The van der Waals surface area contributed by atoms with E-state index < -0.39 is 0 Å².